The first kappa shape index (κ1) is 17.8. The smallest absolute Gasteiger partial charge is 0.336 e. The minimum absolute atomic E-state index is 0.00411. The van der Waals surface area contributed by atoms with E-state index in [1.807, 2.05) is 4.90 Å². The molecule has 2 fully saturated rings. The lowest BCUT2D eigenvalue weighted by molar-refractivity contribution is -0.144. The monoisotopic (exact) mass is 380 g/mol. The molecule has 0 spiro atoms. The van der Waals surface area contributed by atoms with Crippen LogP contribution in [-0.4, -0.2) is 57.3 Å². The first-order chi connectivity index (χ1) is 12.8. The number of carbonyl (C=O) groups is 2. The Balaban J connectivity index is 1.50. The highest BCUT2D eigenvalue weighted by Gasteiger charge is 2.35. The van der Waals surface area contributed by atoms with E-state index in [1.54, 1.807) is 0 Å². The molecule has 4 rings (SSSR count). The maximum atomic E-state index is 12.8. The molecule has 1 saturated heterocycles. The molecule has 1 N–H and O–H groups in total. The van der Waals surface area contributed by atoms with Crippen LogP contribution >= 0.6 is 0 Å². The second-order valence-electron chi connectivity index (χ2n) is 7.07. The number of alkyl halides is 3. The van der Waals surface area contributed by atoms with Crippen LogP contribution in [0.3, 0.4) is 0 Å². The molecule has 9 heteroatoms. The summed E-state index contributed by atoms with van der Waals surface area (Å²) in [5.74, 6) is -1.52. The van der Waals surface area contributed by atoms with Crippen LogP contribution in [0, 0.1) is 0 Å². The molecule has 2 aromatic rings. The Morgan fingerprint density at radius 3 is 2.59 bits per heavy atom. The molecule has 1 aliphatic carbocycles. The van der Waals surface area contributed by atoms with E-state index in [-0.39, 0.29) is 41.0 Å². The van der Waals surface area contributed by atoms with E-state index < -0.39 is 12.0 Å². The fourth-order valence-corrected chi connectivity index (χ4v) is 3.92. The van der Waals surface area contributed by atoms with Gasteiger partial charge in [-0.3, -0.25) is 9.59 Å². The van der Waals surface area contributed by atoms with Crippen molar-refractivity contribution in [2.45, 2.75) is 37.9 Å². The van der Waals surface area contributed by atoms with Gasteiger partial charge in [-0.15, -0.1) is 0 Å². The Morgan fingerprint density at radius 2 is 1.93 bits per heavy atom. The van der Waals surface area contributed by atoms with Gasteiger partial charge in [-0.1, -0.05) is 12.8 Å². The van der Waals surface area contributed by atoms with Gasteiger partial charge in [0.25, 0.3) is 5.91 Å². The first-order valence-corrected chi connectivity index (χ1v) is 8.98. The Morgan fingerprint density at radius 1 is 1.19 bits per heavy atom. The third kappa shape index (κ3) is 3.38. The molecule has 2 aliphatic rings. The summed E-state index contributed by atoms with van der Waals surface area (Å²) >= 11 is 0. The predicted octanol–water partition coefficient (Wildman–Crippen LogP) is 2.81. The number of nitrogens with zero attached hydrogens (tertiary/aromatic N) is 3. The second kappa shape index (κ2) is 6.54. The molecule has 1 aliphatic heterocycles. The van der Waals surface area contributed by atoms with Crippen molar-refractivity contribution < 1.29 is 22.8 Å². The third-order valence-corrected chi connectivity index (χ3v) is 5.31. The van der Waals surface area contributed by atoms with Gasteiger partial charge >= 0.3 is 6.18 Å². The molecule has 2 heterocycles. The highest BCUT2D eigenvalue weighted by molar-refractivity contribution is 5.99. The summed E-state index contributed by atoms with van der Waals surface area (Å²) in [7, 11) is 0. The largest absolute Gasteiger partial charge is 0.449 e. The molecular weight excluding hydrogens is 361 g/mol. The van der Waals surface area contributed by atoms with Crippen LogP contribution < -0.4 is 0 Å². The normalized spacial score (nSPS) is 19.3. The van der Waals surface area contributed by atoms with Gasteiger partial charge in [0.2, 0.25) is 11.7 Å². The maximum absolute atomic E-state index is 12.8. The van der Waals surface area contributed by atoms with Crippen LogP contribution in [0.4, 0.5) is 13.2 Å². The molecule has 144 valence electrons. The number of H-pyrrole nitrogens is 1. The predicted molar refractivity (Wildman–Crippen MR) is 91.0 cm³/mol. The maximum Gasteiger partial charge on any atom is 0.449 e. The van der Waals surface area contributed by atoms with Crippen molar-refractivity contribution >= 4 is 22.8 Å². The summed E-state index contributed by atoms with van der Waals surface area (Å²) in [6.45, 7) is 0.930. The van der Waals surface area contributed by atoms with Crippen molar-refractivity contribution in [3.8, 4) is 0 Å². The number of hydrogen-bond donors (Lipinski definition) is 1. The molecule has 0 atom stereocenters. The molecule has 1 saturated carbocycles. The molecule has 0 unspecified atom stereocenters. The van der Waals surface area contributed by atoms with Gasteiger partial charge in [-0.2, -0.15) is 13.2 Å². The molecule has 1 aromatic heterocycles. The van der Waals surface area contributed by atoms with Crippen LogP contribution in [0.5, 0.6) is 0 Å². The van der Waals surface area contributed by atoms with E-state index in [2.05, 4.69) is 9.97 Å². The summed E-state index contributed by atoms with van der Waals surface area (Å²) in [6, 6.07) is 4.45. The zero-order chi connectivity index (χ0) is 19.2. The molecular formula is C18H19F3N4O2. The fourth-order valence-electron chi connectivity index (χ4n) is 3.92. The number of fused-ring (bicyclic) bond motifs is 1. The van der Waals surface area contributed by atoms with Gasteiger partial charge in [-0.05, 0) is 31.0 Å². The summed E-state index contributed by atoms with van der Waals surface area (Å²) in [6.07, 6.45) is -0.302. The molecule has 2 amide bonds. The Bertz CT molecular complexity index is 886. The van der Waals surface area contributed by atoms with Crippen molar-refractivity contribution in [2.24, 2.45) is 0 Å². The lowest BCUT2D eigenvalue weighted by Crippen LogP contribution is -2.54. The van der Waals surface area contributed by atoms with Crippen LogP contribution in [0.15, 0.2) is 18.2 Å². The third-order valence-electron chi connectivity index (χ3n) is 5.31. The summed E-state index contributed by atoms with van der Waals surface area (Å²) < 4.78 is 38.3. The van der Waals surface area contributed by atoms with Crippen molar-refractivity contribution in [2.75, 3.05) is 19.6 Å². The second-order valence-corrected chi connectivity index (χ2v) is 7.07. The van der Waals surface area contributed by atoms with Gasteiger partial charge in [0.1, 0.15) is 6.54 Å². The Hall–Kier alpha value is -2.58. The number of benzene rings is 1. The highest BCUT2D eigenvalue weighted by atomic mass is 19.4. The number of aromatic amines is 1. The van der Waals surface area contributed by atoms with Crippen LogP contribution in [0.2, 0.25) is 0 Å². The standard InChI is InChI=1S/C18H19F3N4O2/c19-18(20,21)17-22-13-6-5-11(9-14(13)23-17)16(27)24-7-8-25(15(26)10-24)12-3-1-2-4-12/h5-6,9,12H,1-4,7-8,10H2,(H,22,23). The van der Waals surface area contributed by atoms with Crippen molar-refractivity contribution in [3.05, 3.63) is 29.6 Å². The zero-order valence-electron chi connectivity index (χ0n) is 14.6. The number of nitrogens with one attached hydrogen (secondary N) is 1. The van der Waals surface area contributed by atoms with Crippen LogP contribution in [0.25, 0.3) is 11.0 Å². The number of piperazine rings is 1. The van der Waals surface area contributed by atoms with Crippen LogP contribution in [-0.2, 0) is 11.0 Å². The number of carbonyl (C=O) groups excluding carboxylic acids is 2. The first-order valence-electron chi connectivity index (χ1n) is 8.98. The van der Waals surface area contributed by atoms with E-state index in [4.69, 9.17) is 0 Å². The molecule has 1 aromatic carbocycles. The number of rotatable bonds is 2. The molecule has 6 nitrogen and oxygen atoms in total. The number of amides is 2. The number of hydrogen-bond acceptors (Lipinski definition) is 3. The summed E-state index contributed by atoms with van der Waals surface area (Å²) in [5.41, 5.74) is 0.520. The minimum atomic E-state index is -4.58. The van der Waals surface area contributed by atoms with Gasteiger partial charge < -0.3 is 14.8 Å². The topological polar surface area (TPSA) is 69.3 Å². The van der Waals surface area contributed by atoms with Gasteiger partial charge in [0.05, 0.1) is 11.0 Å². The lowest BCUT2D eigenvalue weighted by atomic mass is 10.1. The molecule has 0 radical (unpaired) electrons. The number of imidazole rings is 1. The average molecular weight is 380 g/mol. The van der Waals surface area contributed by atoms with E-state index in [9.17, 15) is 22.8 Å². The van der Waals surface area contributed by atoms with E-state index >= 15 is 0 Å². The summed E-state index contributed by atoms with van der Waals surface area (Å²) in [4.78, 5) is 34.2. The van der Waals surface area contributed by atoms with Crippen LogP contribution in [0.1, 0.15) is 41.9 Å². The van der Waals surface area contributed by atoms with E-state index in [1.165, 1.54) is 23.1 Å². The minimum Gasteiger partial charge on any atom is -0.336 e. The number of aromatic nitrogens is 2. The van der Waals surface area contributed by atoms with Gasteiger partial charge in [-0.25, -0.2) is 4.98 Å². The van der Waals surface area contributed by atoms with Gasteiger partial charge in [0.15, 0.2) is 0 Å². The highest BCUT2D eigenvalue weighted by Crippen LogP contribution is 2.29. The molecule has 27 heavy (non-hydrogen) atoms. The zero-order valence-corrected chi connectivity index (χ0v) is 14.6. The molecule has 0 bridgehead atoms. The Labute approximate surface area is 153 Å². The lowest BCUT2D eigenvalue weighted by Gasteiger charge is -2.37. The van der Waals surface area contributed by atoms with E-state index in [0.29, 0.717) is 13.1 Å². The summed E-state index contributed by atoms with van der Waals surface area (Å²) in [5, 5.41) is 0. The quantitative estimate of drug-likeness (QED) is 0.871. The SMILES string of the molecule is O=C(c1ccc2nc(C(F)(F)F)[nH]c2c1)N1CCN(C2CCCC2)C(=O)C1. The van der Waals surface area contributed by atoms with Gasteiger partial charge in [0, 0.05) is 24.7 Å². The number of halogens is 3. The van der Waals surface area contributed by atoms with Crippen molar-refractivity contribution in [1.82, 2.24) is 19.8 Å². The van der Waals surface area contributed by atoms with Crippen molar-refractivity contribution in [1.29, 1.82) is 0 Å². The average Bonchev–Trinajstić information content (AvgIpc) is 3.29. The van der Waals surface area contributed by atoms with Crippen molar-refractivity contribution in [3.63, 3.8) is 0 Å². The fraction of sp³-hybridized carbons (Fsp3) is 0.500. The van der Waals surface area contributed by atoms with E-state index in [0.717, 1.165) is 25.7 Å². The Kier molecular flexibility index (Phi) is 4.32.